The monoisotopic (exact) mass is 767 g/mol. The molecule has 5 rings (SSSR count). The summed E-state index contributed by atoms with van der Waals surface area (Å²) in [7, 11) is 1.05. The van der Waals surface area contributed by atoms with Gasteiger partial charge in [0.05, 0.1) is 25.5 Å². The summed E-state index contributed by atoms with van der Waals surface area (Å²) >= 11 is 0. The highest BCUT2D eigenvalue weighted by atomic mass is 32.2. The van der Waals surface area contributed by atoms with Gasteiger partial charge in [0.25, 0.3) is 0 Å². The van der Waals surface area contributed by atoms with Crippen molar-refractivity contribution in [2.24, 2.45) is 11.1 Å². The molecule has 3 aliphatic rings. The number of amides is 4. The lowest BCUT2D eigenvalue weighted by atomic mass is 9.72. The van der Waals surface area contributed by atoms with Crippen molar-refractivity contribution < 1.29 is 41.8 Å². The van der Waals surface area contributed by atoms with Crippen LogP contribution in [-0.4, -0.2) is 89.0 Å². The number of alkyl carbamates (subject to hydrolysis) is 1. The van der Waals surface area contributed by atoms with E-state index >= 15 is 0 Å². The topological polar surface area (TPSA) is 183 Å². The molecule has 1 saturated heterocycles. The van der Waals surface area contributed by atoms with Crippen LogP contribution >= 0.6 is 0 Å². The van der Waals surface area contributed by atoms with Crippen LogP contribution in [0.3, 0.4) is 0 Å². The molecule has 0 spiro atoms. The summed E-state index contributed by atoms with van der Waals surface area (Å²) in [5.41, 5.74) is 6.71. The number of nitrogens with zero attached hydrogens (tertiary/aromatic N) is 1. The van der Waals surface area contributed by atoms with Crippen molar-refractivity contribution >= 4 is 51.8 Å². The molecule has 2 fully saturated rings. The Kier molecular flexibility index (Phi) is 13.6. The van der Waals surface area contributed by atoms with Crippen LogP contribution in [0.15, 0.2) is 30.3 Å². The summed E-state index contributed by atoms with van der Waals surface area (Å²) in [5, 5.41) is 4.34. The Morgan fingerprint density at radius 2 is 1.78 bits per heavy atom. The maximum Gasteiger partial charge on any atom is 0.407 e. The Labute approximate surface area is 320 Å². The van der Waals surface area contributed by atoms with E-state index in [4.69, 9.17) is 19.9 Å². The lowest BCUT2D eigenvalue weighted by Gasteiger charge is -2.30. The zero-order chi connectivity index (χ0) is 39.1. The average Bonchev–Trinajstić information content (AvgIpc) is 3.91. The van der Waals surface area contributed by atoms with Gasteiger partial charge in [-0.25, -0.2) is 13.2 Å². The standard InChI is InChI=1S/C39H56BN4O9S/c1-38(2)17-10-11-27-21-28-22-29(14-13-26(28)23-33(27)51-3)39(52-4)24-32(34(41)45)44(25-39)35(46)31(42-37(48)53-20-18-38)12-8-6-5-7-9-19-40-36(47)43-54(49,50)30-15-16-30/h13-14,21-23,30-32H,5-12,15-20,24-25H2,1-4H3,(H2,41,45)(H,42,48)(H,43,47)/t31-,32-,39-/m0/s1. The van der Waals surface area contributed by atoms with Crippen LogP contribution in [0.1, 0.15) is 102 Å². The number of ether oxygens (including phenoxy) is 3. The van der Waals surface area contributed by atoms with Gasteiger partial charge in [0.2, 0.25) is 29.1 Å². The van der Waals surface area contributed by atoms with Crippen LogP contribution < -0.4 is 20.5 Å². The number of sulfonamides is 1. The number of benzene rings is 2. The molecule has 5 bridgehead atoms. The summed E-state index contributed by atoms with van der Waals surface area (Å²) in [5.74, 6) is -0.856. The second-order valence-corrected chi connectivity index (χ2v) is 17.8. The van der Waals surface area contributed by atoms with Crippen LogP contribution in [-0.2, 0) is 41.1 Å². The SMILES string of the molecule is COc1cc2ccc3cc2cc1CCCC(C)(C)CCOC(=O)N[C@@H](CCCCCCC[B]C(=O)NS(=O)(=O)C1CC1)C(=O)N1C[C@@]3(OC)C[C@H]1C(N)=O. The predicted molar refractivity (Wildman–Crippen MR) is 207 cm³/mol. The number of rotatable bonds is 14. The van der Waals surface area contributed by atoms with Gasteiger partial charge in [-0.05, 0) is 90.5 Å². The Balaban J connectivity index is 1.29. The van der Waals surface area contributed by atoms with Crippen molar-refractivity contribution in [3.63, 3.8) is 0 Å². The van der Waals surface area contributed by atoms with Gasteiger partial charge in [-0.15, -0.1) is 0 Å². The fraction of sp³-hybridized carbons (Fsp3) is 0.641. The lowest BCUT2D eigenvalue weighted by Crippen LogP contribution is -2.53. The van der Waals surface area contributed by atoms with E-state index in [0.717, 1.165) is 66.2 Å². The van der Waals surface area contributed by atoms with Crippen molar-refractivity contribution in [1.82, 2.24) is 14.9 Å². The Morgan fingerprint density at radius 1 is 1.04 bits per heavy atom. The third-order valence-electron chi connectivity index (χ3n) is 11.2. The molecule has 1 radical (unpaired) electrons. The van der Waals surface area contributed by atoms with E-state index in [2.05, 4.69) is 36.0 Å². The Morgan fingerprint density at radius 3 is 2.48 bits per heavy atom. The largest absolute Gasteiger partial charge is 0.496 e. The summed E-state index contributed by atoms with van der Waals surface area (Å²) in [4.78, 5) is 53.9. The van der Waals surface area contributed by atoms with E-state index in [1.807, 2.05) is 18.2 Å². The molecule has 2 aromatic carbocycles. The number of nitrogens with two attached hydrogens (primary N) is 1. The molecule has 13 nitrogen and oxygen atoms in total. The molecule has 4 amide bonds. The predicted octanol–water partition coefficient (Wildman–Crippen LogP) is 5.29. The molecule has 3 atom stereocenters. The van der Waals surface area contributed by atoms with Crippen LogP contribution in [0.5, 0.6) is 5.75 Å². The van der Waals surface area contributed by atoms with E-state index < -0.39 is 56.7 Å². The number of unbranched alkanes of at least 4 members (excludes halogenated alkanes) is 4. The maximum atomic E-state index is 14.4. The van der Waals surface area contributed by atoms with Crippen molar-refractivity contribution in [1.29, 1.82) is 0 Å². The summed E-state index contributed by atoms with van der Waals surface area (Å²) in [6, 6.07) is 8.27. The summed E-state index contributed by atoms with van der Waals surface area (Å²) in [6.07, 6.45) is 8.34. The third-order valence-corrected chi connectivity index (χ3v) is 13.1. The second-order valence-electron chi connectivity index (χ2n) is 15.9. The van der Waals surface area contributed by atoms with Crippen LogP contribution in [0, 0.1) is 5.41 Å². The number of nitrogens with one attached hydrogen (secondary N) is 2. The van der Waals surface area contributed by atoms with Gasteiger partial charge in [0.1, 0.15) is 23.4 Å². The molecule has 2 aliphatic heterocycles. The first-order chi connectivity index (χ1) is 25.7. The first-order valence-corrected chi connectivity index (χ1v) is 20.8. The van der Waals surface area contributed by atoms with Crippen molar-refractivity contribution in [3.8, 4) is 5.75 Å². The minimum Gasteiger partial charge on any atom is -0.496 e. The van der Waals surface area contributed by atoms with E-state index in [9.17, 15) is 27.6 Å². The number of cyclic esters (lactones) is 1. The average molecular weight is 768 g/mol. The van der Waals surface area contributed by atoms with E-state index in [0.29, 0.717) is 44.8 Å². The molecule has 2 aromatic rings. The molecule has 1 aliphatic carbocycles. The Hall–Kier alpha value is -3.85. The minimum atomic E-state index is -3.56. The minimum absolute atomic E-state index is 0.0674. The van der Waals surface area contributed by atoms with Crippen molar-refractivity contribution in [2.75, 3.05) is 27.4 Å². The zero-order valence-electron chi connectivity index (χ0n) is 32.1. The summed E-state index contributed by atoms with van der Waals surface area (Å²) in [6.45, 7) is 4.55. The highest BCUT2D eigenvalue weighted by Gasteiger charge is 2.51. The number of hydrogen-bond donors (Lipinski definition) is 3. The second kappa shape index (κ2) is 17.7. The van der Waals surface area contributed by atoms with Gasteiger partial charge in [-0.3, -0.25) is 19.1 Å². The number of aryl methyl sites for hydroxylation is 1. The molecule has 54 heavy (non-hydrogen) atoms. The summed E-state index contributed by atoms with van der Waals surface area (Å²) < 4.78 is 43.6. The maximum absolute atomic E-state index is 14.4. The van der Waals surface area contributed by atoms with Gasteiger partial charge in [0.15, 0.2) is 5.81 Å². The van der Waals surface area contributed by atoms with Crippen molar-refractivity contribution in [2.45, 2.75) is 127 Å². The van der Waals surface area contributed by atoms with E-state index in [-0.39, 0.29) is 25.0 Å². The number of fused-ring (bicyclic) bond motifs is 5. The van der Waals surface area contributed by atoms with Gasteiger partial charge in [0, 0.05) is 13.5 Å². The van der Waals surface area contributed by atoms with Crippen molar-refractivity contribution in [3.05, 3.63) is 41.5 Å². The van der Waals surface area contributed by atoms with Gasteiger partial charge < -0.3 is 30.2 Å². The number of primary amides is 1. The number of carbonyl (C=O) groups is 4. The molecule has 15 heteroatoms. The molecular formula is C39H56BN4O9S. The third kappa shape index (κ3) is 10.5. The van der Waals surface area contributed by atoms with Crippen LogP contribution in [0.2, 0.25) is 6.32 Å². The highest BCUT2D eigenvalue weighted by Crippen LogP contribution is 2.41. The quantitative estimate of drug-likeness (QED) is 0.170. The zero-order valence-corrected chi connectivity index (χ0v) is 32.9. The first kappa shape index (κ1) is 41.3. The van der Waals surface area contributed by atoms with Gasteiger partial charge >= 0.3 is 6.09 Å². The first-order valence-electron chi connectivity index (χ1n) is 19.3. The molecule has 0 aromatic heterocycles. The number of methoxy groups -OCH3 is 2. The van der Waals surface area contributed by atoms with Crippen LogP contribution in [0.4, 0.5) is 9.59 Å². The molecular weight excluding hydrogens is 711 g/mol. The molecule has 4 N–H and O–H groups in total. The normalized spacial score (nSPS) is 23.6. The fourth-order valence-electron chi connectivity index (χ4n) is 7.67. The number of carbonyl (C=O) groups excluding carboxylic acids is 4. The van der Waals surface area contributed by atoms with Crippen LogP contribution in [0.25, 0.3) is 10.8 Å². The molecule has 0 unspecified atom stereocenters. The van der Waals surface area contributed by atoms with E-state index in [1.54, 1.807) is 14.2 Å². The Bertz CT molecular complexity index is 1800. The van der Waals surface area contributed by atoms with E-state index in [1.165, 1.54) is 12.2 Å². The lowest BCUT2D eigenvalue weighted by molar-refractivity contribution is -0.139. The molecule has 2 heterocycles. The number of hydrogen-bond acceptors (Lipinski definition) is 9. The molecule has 1 saturated carbocycles. The fourth-order valence-corrected chi connectivity index (χ4v) is 8.96. The highest BCUT2D eigenvalue weighted by molar-refractivity contribution is 7.91. The van der Waals surface area contributed by atoms with Gasteiger partial charge in [-0.2, -0.15) is 0 Å². The smallest absolute Gasteiger partial charge is 0.407 e. The molecule has 295 valence electrons. The van der Waals surface area contributed by atoms with Gasteiger partial charge in [-0.1, -0.05) is 64.4 Å².